The number of urea groups is 1. The lowest BCUT2D eigenvalue weighted by Gasteiger charge is -2.20. The van der Waals surface area contributed by atoms with Crippen LogP contribution in [0.1, 0.15) is 5.69 Å². The molecule has 2 N–H and O–H groups in total. The van der Waals surface area contributed by atoms with Crippen LogP contribution in [0.4, 0.5) is 10.7 Å². The third kappa shape index (κ3) is 3.10. The van der Waals surface area contributed by atoms with Gasteiger partial charge in [0.2, 0.25) is 11.8 Å². The van der Waals surface area contributed by atoms with E-state index in [-0.39, 0.29) is 5.95 Å². The van der Waals surface area contributed by atoms with E-state index in [1.807, 2.05) is 0 Å². The number of aromatic nitrogens is 2. The van der Waals surface area contributed by atoms with Gasteiger partial charge in [0.25, 0.3) is 0 Å². The van der Waals surface area contributed by atoms with E-state index in [0.717, 1.165) is 0 Å². The van der Waals surface area contributed by atoms with Crippen molar-refractivity contribution in [3.8, 4) is 5.88 Å². The van der Waals surface area contributed by atoms with Crippen LogP contribution in [0.25, 0.3) is 0 Å². The predicted octanol–water partition coefficient (Wildman–Crippen LogP) is 0.785. The highest BCUT2D eigenvalue weighted by molar-refractivity contribution is 7.99. The summed E-state index contributed by atoms with van der Waals surface area (Å²) >= 11 is 1.39. The minimum Gasteiger partial charge on any atom is -0.481 e. The Hall–Kier alpha value is -2.03. The molecule has 2 heterocycles. The molecule has 1 saturated heterocycles. The number of nitrogens with zero attached hydrogens (tertiary/aromatic N) is 3. The first kappa shape index (κ1) is 14.4. The number of carboxylic acid groups (broad SMARTS) is 1. The summed E-state index contributed by atoms with van der Waals surface area (Å²) in [5.41, 5.74) is 0.637. The van der Waals surface area contributed by atoms with Crippen molar-refractivity contribution in [1.29, 1.82) is 0 Å². The molecule has 2 rings (SSSR count). The molecule has 1 aliphatic heterocycles. The van der Waals surface area contributed by atoms with Gasteiger partial charge in [-0.15, -0.1) is 11.8 Å². The smallest absolute Gasteiger partial charge is 0.327 e. The molecule has 9 heteroatoms. The van der Waals surface area contributed by atoms with E-state index in [2.05, 4.69) is 15.3 Å². The van der Waals surface area contributed by atoms with Gasteiger partial charge in [0, 0.05) is 17.5 Å². The quantitative estimate of drug-likeness (QED) is 0.849. The average molecular weight is 298 g/mol. The second kappa shape index (κ2) is 5.95. The number of amides is 2. The van der Waals surface area contributed by atoms with Gasteiger partial charge in [-0.1, -0.05) is 0 Å². The fourth-order valence-electron chi connectivity index (χ4n) is 1.71. The van der Waals surface area contributed by atoms with Crippen molar-refractivity contribution in [2.75, 3.05) is 24.1 Å². The number of anilines is 1. The average Bonchev–Trinajstić information content (AvgIpc) is 2.87. The summed E-state index contributed by atoms with van der Waals surface area (Å²) in [6.45, 7) is 1.74. The standard InChI is InChI=1S/C11H14N4O4S/c1-6-3-8(19-2)13-10(12-6)14-11(18)15-5-20-4-7(15)9(16)17/h3,7H,4-5H2,1-2H3,(H,16,17)(H,12,13,14,18)/t7-/m0/s1. The van der Waals surface area contributed by atoms with Crippen LogP contribution >= 0.6 is 11.8 Å². The number of methoxy groups -OCH3 is 1. The molecule has 1 aromatic heterocycles. The molecule has 1 aromatic rings. The summed E-state index contributed by atoms with van der Waals surface area (Å²) in [5, 5.41) is 11.5. The lowest BCUT2D eigenvalue weighted by Crippen LogP contribution is -2.44. The molecule has 108 valence electrons. The first-order valence-corrected chi connectivity index (χ1v) is 6.94. The molecule has 1 aliphatic rings. The molecule has 20 heavy (non-hydrogen) atoms. The Morgan fingerprint density at radius 3 is 2.95 bits per heavy atom. The number of aliphatic carboxylic acids is 1. The molecular weight excluding hydrogens is 284 g/mol. The molecular formula is C11H14N4O4S. The fourth-order valence-corrected chi connectivity index (χ4v) is 2.86. The van der Waals surface area contributed by atoms with E-state index in [1.54, 1.807) is 13.0 Å². The second-order valence-corrected chi connectivity index (χ2v) is 5.13. The lowest BCUT2D eigenvalue weighted by molar-refractivity contribution is -0.140. The van der Waals surface area contributed by atoms with Crippen molar-refractivity contribution >= 4 is 29.7 Å². The number of ether oxygens (including phenoxy) is 1. The maximum Gasteiger partial charge on any atom is 0.327 e. The zero-order chi connectivity index (χ0) is 14.7. The Labute approximate surface area is 119 Å². The Balaban J connectivity index is 2.11. The van der Waals surface area contributed by atoms with Gasteiger partial charge in [0.05, 0.1) is 13.0 Å². The van der Waals surface area contributed by atoms with Crippen molar-refractivity contribution in [3.63, 3.8) is 0 Å². The van der Waals surface area contributed by atoms with Crippen molar-refractivity contribution in [3.05, 3.63) is 11.8 Å². The number of hydrogen-bond donors (Lipinski definition) is 2. The van der Waals surface area contributed by atoms with Crippen molar-refractivity contribution in [1.82, 2.24) is 14.9 Å². The lowest BCUT2D eigenvalue weighted by atomic mass is 10.3. The van der Waals surface area contributed by atoms with Gasteiger partial charge >= 0.3 is 12.0 Å². The second-order valence-electron chi connectivity index (χ2n) is 4.13. The monoisotopic (exact) mass is 298 g/mol. The first-order valence-electron chi connectivity index (χ1n) is 5.79. The zero-order valence-corrected chi connectivity index (χ0v) is 11.8. The van der Waals surface area contributed by atoms with Crippen LogP contribution in [0.3, 0.4) is 0 Å². The van der Waals surface area contributed by atoms with E-state index >= 15 is 0 Å². The van der Waals surface area contributed by atoms with Crippen molar-refractivity contribution in [2.24, 2.45) is 0 Å². The molecule has 8 nitrogen and oxygen atoms in total. The highest BCUT2D eigenvalue weighted by Gasteiger charge is 2.34. The minimum absolute atomic E-state index is 0.0906. The van der Waals surface area contributed by atoms with Crippen LogP contribution < -0.4 is 10.1 Å². The number of thioether (sulfide) groups is 1. The van der Waals surface area contributed by atoms with Crippen LogP contribution in [0.5, 0.6) is 5.88 Å². The third-order valence-corrected chi connectivity index (χ3v) is 3.70. The van der Waals surface area contributed by atoms with Crippen molar-refractivity contribution < 1.29 is 19.4 Å². The minimum atomic E-state index is -1.02. The maximum atomic E-state index is 12.1. The number of rotatable bonds is 3. The summed E-state index contributed by atoms with van der Waals surface area (Å²) in [4.78, 5) is 32.4. The van der Waals surface area contributed by atoms with E-state index in [4.69, 9.17) is 9.84 Å². The predicted molar refractivity (Wildman–Crippen MR) is 72.9 cm³/mol. The van der Waals surface area contributed by atoms with Gasteiger partial charge in [0.1, 0.15) is 6.04 Å². The van der Waals surface area contributed by atoms with Crippen LogP contribution in [-0.4, -0.2) is 56.8 Å². The fraction of sp³-hybridized carbons (Fsp3) is 0.455. The number of carbonyl (C=O) groups is 2. The Morgan fingerprint density at radius 2 is 2.30 bits per heavy atom. The number of carbonyl (C=O) groups excluding carboxylic acids is 1. The van der Waals surface area contributed by atoms with E-state index in [9.17, 15) is 9.59 Å². The number of carboxylic acids is 1. The zero-order valence-electron chi connectivity index (χ0n) is 11.0. The molecule has 0 aliphatic carbocycles. The summed E-state index contributed by atoms with van der Waals surface area (Å²) in [7, 11) is 1.46. The largest absolute Gasteiger partial charge is 0.481 e. The van der Waals surface area contributed by atoms with E-state index in [1.165, 1.54) is 23.8 Å². The van der Waals surface area contributed by atoms with Gasteiger partial charge in [-0.25, -0.2) is 14.6 Å². The number of hydrogen-bond acceptors (Lipinski definition) is 6. The third-order valence-electron chi connectivity index (χ3n) is 2.69. The number of nitrogens with one attached hydrogen (secondary N) is 1. The maximum absolute atomic E-state index is 12.1. The molecule has 0 aromatic carbocycles. The summed E-state index contributed by atoms with van der Waals surface area (Å²) in [6.07, 6.45) is 0. The van der Waals surface area contributed by atoms with Gasteiger partial charge in [-0.2, -0.15) is 4.98 Å². The highest BCUT2D eigenvalue weighted by atomic mass is 32.2. The van der Waals surface area contributed by atoms with Crippen LogP contribution in [0, 0.1) is 6.92 Å². The Morgan fingerprint density at radius 1 is 1.55 bits per heavy atom. The molecule has 1 fully saturated rings. The molecule has 0 bridgehead atoms. The van der Waals surface area contributed by atoms with Crippen LogP contribution in [0.2, 0.25) is 0 Å². The molecule has 0 spiro atoms. The number of aryl methyl sites for hydroxylation is 1. The Kier molecular flexibility index (Phi) is 4.28. The topological polar surface area (TPSA) is 105 Å². The molecule has 0 unspecified atom stereocenters. The van der Waals surface area contributed by atoms with Gasteiger partial charge in [-0.3, -0.25) is 5.32 Å². The van der Waals surface area contributed by atoms with Gasteiger partial charge in [0.15, 0.2) is 0 Å². The molecule has 1 atom stereocenters. The summed E-state index contributed by atoms with van der Waals surface area (Å²) in [6, 6.07) is 0.267. The molecule has 0 saturated carbocycles. The van der Waals surface area contributed by atoms with E-state index in [0.29, 0.717) is 23.2 Å². The SMILES string of the molecule is COc1cc(C)nc(NC(=O)N2CSC[C@H]2C(=O)O)n1. The molecule has 0 radical (unpaired) electrons. The van der Waals surface area contributed by atoms with Gasteiger partial charge < -0.3 is 14.7 Å². The van der Waals surface area contributed by atoms with Crippen molar-refractivity contribution in [2.45, 2.75) is 13.0 Å². The van der Waals surface area contributed by atoms with E-state index < -0.39 is 18.0 Å². The Bertz CT molecular complexity index is 539. The highest BCUT2D eigenvalue weighted by Crippen LogP contribution is 2.22. The normalized spacial score (nSPS) is 17.9. The van der Waals surface area contributed by atoms with Crippen LogP contribution in [0.15, 0.2) is 6.07 Å². The summed E-state index contributed by atoms with van der Waals surface area (Å²) in [5.74, 6) is 0.103. The first-order chi connectivity index (χ1) is 9.51. The van der Waals surface area contributed by atoms with Crippen LogP contribution in [-0.2, 0) is 4.79 Å². The van der Waals surface area contributed by atoms with Gasteiger partial charge in [-0.05, 0) is 6.92 Å². The summed E-state index contributed by atoms with van der Waals surface area (Å²) < 4.78 is 4.99. The molecule has 2 amide bonds.